The Balaban J connectivity index is 3.85. The summed E-state index contributed by atoms with van der Waals surface area (Å²) in [6.45, 7) is 9.25. The van der Waals surface area contributed by atoms with Gasteiger partial charge in [0, 0.05) is 10.2 Å². The second kappa shape index (κ2) is 5.58. The zero-order valence-corrected chi connectivity index (χ0v) is 11.4. The molecule has 0 unspecified atom stereocenters. The normalized spacial score (nSPS) is 13.4. The molecular weight excluding hydrogens is 160 g/mol. The van der Waals surface area contributed by atoms with Gasteiger partial charge in [-0.3, -0.25) is 0 Å². The molecule has 0 nitrogen and oxygen atoms in total. The van der Waals surface area contributed by atoms with E-state index < -0.39 is 0 Å². The van der Waals surface area contributed by atoms with Gasteiger partial charge in [-0.25, -0.2) is 0 Å². The SMILES string of the molecule is CC(C)CC(C)(C)C=CCC[SiH3]. The fraction of sp³-hybridized carbons (Fsp3) is 0.818. The molecule has 0 saturated carbocycles. The second-order valence-corrected chi connectivity index (χ2v) is 5.78. The van der Waals surface area contributed by atoms with Crippen molar-refractivity contribution in [2.24, 2.45) is 11.3 Å². The Morgan fingerprint density at radius 3 is 2.33 bits per heavy atom. The van der Waals surface area contributed by atoms with Crippen LogP contribution in [0, 0.1) is 11.3 Å². The van der Waals surface area contributed by atoms with E-state index in [1.54, 1.807) is 0 Å². The molecule has 0 aliphatic rings. The zero-order chi connectivity index (χ0) is 9.61. The molecule has 0 fully saturated rings. The molecule has 0 N–H and O–H groups in total. The van der Waals surface area contributed by atoms with Crippen molar-refractivity contribution in [3.63, 3.8) is 0 Å². The average Bonchev–Trinajstić information content (AvgIpc) is 1.84. The smallest absolute Gasteiger partial charge is 0.00319 e. The van der Waals surface area contributed by atoms with Crippen LogP contribution < -0.4 is 0 Å². The number of allylic oxidation sites excluding steroid dienone is 2. The Morgan fingerprint density at radius 2 is 1.92 bits per heavy atom. The van der Waals surface area contributed by atoms with Gasteiger partial charge in [0.2, 0.25) is 0 Å². The Hall–Kier alpha value is -0.0431. The predicted octanol–water partition coefficient (Wildman–Crippen LogP) is 2.79. The first-order chi connectivity index (χ1) is 5.48. The van der Waals surface area contributed by atoms with Gasteiger partial charge in [-0.05, 0) is 24.2 Å². The van der Waals surface area contributed by atoms with E-state index >= 15 is 0 Å². The minimum Gasteiger partial charge on any atom is -0.0883 e. The molecule has 0 aliphatic carbocycles. The third-order valence-corrected chi connectivity index (χ3v) is 2.54. The van der Waals surface area contributed by atoms with Crippen molar-refractivity contribution in [3.8, 4) is 0 Å². The molecule has 0 aliphatic heterocycles. The first kappa shape index (κ1) is 12.0. The largest absolute Gasteiger partial charge is 0.0883 e. The van der Waals surface area contributed by atoms with Crippen LogP contribution >= 0.6 is 0 Å². The zero-order valence-electron chi connectivity index (χ0n) is 9.35. The van der Waals surface area contributed by atoms with Crippen LogP contribution in [0.1, 0.15) is 40.5 Å². The molecule has 0 bridgehead atoms. The first-order valence-electron chi connectivity index (χ1n) is 5.15. The number of rotatable bonds is 5. The average molecular weight is 184 g/mol. The highest BCUT2D eigenvalue weighted by Gasteiger charge is 2.14. The summed E-state index contributed by atoms with van der Waals surface area (Å²) in [4.78, 5) is 0. The summed E-state index contributed by atoms with van der Waals surface area (Å²) < 4.78 is 0. The molecule has 0 amide bonds. The van der Waals surface area contributed by atoms with Crippen molar-refractivity contribution < 1.29 is 0 Å². The summed E-state index contributed by atoms with van der Waals surface area (Å²) >= 11 is 0. The summed E-state index contributed by atoms with van der Waals surface area (Å²) in [5.74, 6) is 0.806. The van der Waals surface area contributed by atoms with Crippen LogP contribution in [0.25, 0.3) is 0 Å². The van der Waals surface area contributed by atoms with Gasteiger partial charge in [-0.1, -0.05) is 45.9 Å². The van der Waals surface area contributed by atoms with Gasteiger partial charge in [-0.2, -0.15) is 0 Å². The first-order valence-corrected chi connectivity index (χ1v) is 6.57. The van der Waals surface area contributed by atoms with Gasteiger partial charge in [0.25, 0.3) is 0 Å². The minimum absolute atomic E-state index is 0.408. The lowest BCUT2D eigenvalue weighted by Gasteiger charge is -2.22. The molecule has 72 valence electrons. The van der Waals surface area contributed by atoms with Crippen LogP contribution in [0.3, 0.4) is 0 Å². The molecule has 0 rings (SSSR count). The van der Waals surface area contributed by atoms with Crippen LogP contribution in [-0.2, 0) is 0 Å². The number of hydrogen-bond donors (Lipinski definition) is 0. The van der Waals surface area contributed by atoms with E-state index in [0.29, 0.717) is 5.41 Å². The van der Waals surface area contributed by atoms with E-state index in [9.17, 15) is 0 Å². The van der Waals surface area contributed by atoms with Crippen LogP contribution in [-0.4, -0.2) is 10.2 Å². The van der Waals surface area contributed by atoms with E-state index in [4.69, 9.17) is 0 Å². The maximum Gasteiger partial charge on any atom is 0.00319 e. The Morgan fingerprint density at radius 1 is 1.33 bits per heavy atom. The minimum atomic E-state index is 0.408. The fourth-order valence-electron chi connectivity index (χ4n) is 1.69. The van der Waals surface area contributed by atoms with Crippen LogP contribution in [0.15, 0.2) is 12.2 Å². The van der Waals surface area contributed by atoms with Crippen molar-refractivity contribution >= 4 is 10.2 Å². The van der Waals surface area contributed by atoms with Crippen molar-refractivity contribution in [2.75, 3.05) is 0 Å². The highest BCUT2D eigenvalue weighted by molar-refractivity contribution is 6.08. The highest BCUT2D eigenvalue weighted by Crippen LogP contribution is 2.26. The lowest BCUT2D eigenvalue weighted by molar-refractivity contribution is 0.365. The Bertz CT molecular complexity index is 134. The standard InChI is InChI=1S/C11H24Si/c1-10(2)9-11(3,4)7-5-6-8-12/h5,7,10H,6,8-9H2,1-4,12H3. The van der Waals surface area contributed by atoms with Gasteiger partial charge in [0.05, 0.1) is 0 Å². The van der Waals surface area contributed by atoms with Gasteiger partial charge < -0.3 is 0 Å². The van der Waals surface area contributed by atoms with Gasteiger partial charge in [-0.15, -0.1) is 0 Å². The lowest BCUT2D eigenvalue weighted by Crippen LogP contribution is -2.10. The molecule has 0 saturated heterocycles. The second-order valence-electron chi connectivity index (χ2n) is 4.78. The van der Waals surface area contributed by atoms with Crippen LogP contribution in [0.2, 0.25) is 6.04 Å². The van der Waals surface area contributed by atoms with E-state index in [0.717, 1.165) is 5.92 Å². The summed E-state index contributed by atoms with van der Waals surface area (Å²) in [5.41, 5.74) is 0.408. The summed E-state index contributed by atoms with van der Waals surface area (Å²) in [6.07, 6.45) is 7.33. The molecule has 0 heterocycles. The van der Waals surface area contributed by atoms with Gasteiger partial charge in [0.15, 0.2) is 0 Å². The maximum absolute atomic E-state index is 2.39. The molecule has 1 heteroatoms. The Labute approximate surface area is 80.9 Å². The Kier molecular flexibility index (Phi) is 5.56. The van der Waals surface area contributed by atoms with Crippen molar-refractivity contribution in [1.82, 2.24) is 0 Å². The van der Waals surface area contributed by atoms with Crippen molar-refractivity contribution in [2.45, 2.75) is 46.6 Å². The van der Waals surface area contributed by atoms with E-state index in [-0.39, 0.29) is 0 Å². The molecule has 0 spiro atoms. The third-order valence-electron chi connectivity index (χ3n) is 1.96. The third kappa shape index (κ3) is 6.65. The lowest BCUT2D eigenvalue weighted by atomic mass is 9.83. The summed E-state index contributed by atoms with van der Waals surface area (Å²) in [7, 11) is 1.34. The molecule has 0 aromatic heterocycles. The molecule has 0 radical (unpaired) electrons. The molecular formula is C11H24Si. The predicted molar refractivity (Wildman–Crippen MR) is 61.7 cm³/mol. The molecule has 0 atom stereocenters. The highest BCUT2D eigenvalue weighted by atomic mass is 28.1. The summed E-state index contributed by atoms with van der Waals surface area (Å²) in [6, 6.07) is 1.40. The van der Waals surface area contributed by atoms with Gasteiger partial charge in [0.1, 0.15) is 0 Å². The molecule has 0 aromatic rings. The van der Waals surface area contributed by atoms with E-state index in [1.165, 1.54) is 29.1 Å². The van der Waals surface area contributed by atoms with Crippen LogP contribution in [0.5, 0.6) is 0 Å². The topological polar surface area (TPSA) is 0 Å². The quantitative estimate of drug-likeness (QED) is 0.455. The molecule has 12 heavy (non-hydrogen) atoms. The monoisotopic (exact) mass is 184 g/mol. The fourth-order valence-corrected chi connectivity index (χ4v) is 2.02. The van der Waals surface area contributed by atoms with E-state index in [1.807, 2.05) is 0 Å². The van der Waals surface area contributed by atoms with Crippen LogP contribution in [0.4, 0.5) is 0 Å². The number of hydrogen-bond acceptors (Lipinski definition) is 0. The van der Waals surface area contributed by atoms with Gasteiger partial charge >= 0.3 is 0 Å². The summed E-state index contributed by atoms with van der Waals surface area (Å²) in [5, 5.41) is 0. The van der Waals surface area contributed by atoms with Crippen molar-refractivity contribution in [3.05, 3.63) is 12.2 Å². The van der Waals surface area contributed by atoms with Crippen molar-refractivity contribution in [1.29, 1.82) is 0 Å². The van der Waals surface area contributed by atoms with E-state index in [2.05, 4.69) is 39.8 Å². The molecule has 0 aromatic carbocycles. The maximum atomic E-state index is 2.39.